The van der Waals surface area contributed by atoms with Gasteiger partial charge >= 0.3 is 11.8 Å². The van der Waals surface area contributed by atoms with E-state index in [1.54, 1.807) is 0 Å². The summed E-state index contributed by atoms with van der Waals surface area (Å²) in [5.74, 6) is -1.47. The Balaban J connectivity index is 3.17. The van der Waals surface area contributed by atoms with Crippen LogP contribution in [0.2, 0.25) is 0 Å². The second kappa shape index (κ2) is 2.65. The van der Waals surface area contributed by atoms with Crippen molar-refractivity contribution in [3.8, 4) is 0 Å². The smallest absolute Gasteiger partial charge is 0.339 e. The molecule has 0 radical (unpaired) electrons. The first-order valence-electron chi connectivity index (χ1n) is 3.09. The molecule has 0 bridgehead atoms. The van der Waals surface area contributed by atoms with Crippen LogP contribution >= 0.6 is 0 Å². The molecule has 0 amide bonds. The number of hydrogen-bond acceptors (Lipinski definition) is 3. The summed E-state index contributed by atoms with van der Waals surface area (Å²) in [6, 6.07) is 0.998. The van der Waals surface area contributed by atoms with Gasteiger partial charge in [-0.25, -0.2) is 9.78 Å². The fourth-order valence-electron chi connectivity index (χ4n) is 0.861. The molecule has 0 fully saturated rings. The van der Waals surface area contributed by atoms with Gasteiger partial charge in [-0.05, 0) is 11.8 Å². The lowest BCUT2D eigenvalue weighted by atomic mass is 10.2. The molecule has 0 aromatic carbocycles. The number of hydrogen-bond donors (Lipinski definition) is 2. The minimum atomic E-state index is -1.17. The number of rotatable bonds is 2. The van der Waals surface area contributed by atoms with Gasteiger partial charge in [-0.1, -0.05) is 0 Å². The zero-order valence-electron chi connectivity index (χ0n) is 6.20. The molecule has 0 atom stereocenters. The molecule has 0 spiro atoms. The van der Waals surface area contributed by atoms with Gasteiger partial charge < -0.3 is 15.2 Å². The molecule has 6 heteroatoms. The standard InChI is InChI=1S/C6H6N2O4/c1-3-4(6(9)10)2-5(7-3)8(11)12/h2,7H,1H3,(H,9,10). The number of carbonyl (C=O) groups is 1. The summed E-state index contributed by atoms with van der Waals surface area (Å²) in [5.41, 5.74) is 0.218. The maximum absolute atomic E-state index is 10.4. The van der Waals surface area contributed by atoms with Gasteiger partial charge in [0.25, 0.3) is 0 Å². The van der Waals surface area contributed by atoms with Crippen molar-refractivity contribution in [1.82, 2.24) is 4.98 Å². The van der Waals surface area contributed by atoms with Crippen molar-refractivity contribution in [2.24, 2.45) is 0 Å². The average Bonchev–Trinajstić information content (AvgIpc) is 2.30. The lowest BCUT2D eigenvalue weighted by molar-refractivity contribution is -0.389. The van der Waals surface area contributed by atoms with Gasteiger partial charge in [0.15, 0.2) is 0 Å². The molecule has 2 N–H and O–H groups in total. The second-order valence-corrected chi connectivity index (χ2v) is 2.26. The molecule has 0 aliphatic rings. The second-order valence-electron chi connectivity index (χ2n) is 2.26. The van der Waals surface area contributed by atoms with Gasteiger partial charge in [0.1, 0.15) is 11.3 Å². The molecular weight excluding hydrogens is 164 g/mol. The minimum Gasteiger partial charge on any atom is -0.478 e. The Kier molecular flexibility index (Phi) is 1.82. The summed E-state index contributed by atoms with van der Waals surface area (Å²) in [4.78, 5) is 22.3. The molecule has 64 valence electrons. The lowest BCUT2D eigenvalue weighted by Crippen LogP contribution is -1.95. The fraction of sp³-hybridized carbons (Fsp3) is 0.167. The fourth-order valence-corrected chi connectivity index (χ4v) is 0.861. The van der Waals surface area contributed by atoms with Crippen molar-refractivity contribution in [3.63, 3.8) is 0 Å². The third-order valence-corrected chi connectivity index (χ3v) is 1.43. The van der Waals surface area contributed by atoms with Gasteiger partial charge in [-0.2, -0.15) is 0 Å². The van der Waals surface area contributed by atoms with Crippen LogP contribution in [0.15, 0.2) is 6.07 Å². The van der Waals surface area contributed by atoms with Crippen LogP contribution in [0.3, 0.4) is 0 Å². The van der Waals surface area contributed by atoms with Gasteiger partial charge in [0.2, 0.25) is 0 Å². The number of aromatic nitrogens is 1. The first kappa shape index (κ1) is 8.25. The highest BCUT2D eigenvalue weighted by Gasteiger charge is 2.17. The van der Waals surface area contributed by atoms with Crippen LogP contribution < -0.4 is 0 Å². The van der Waals surface area contributed by atoms with Gasteiger partial charge in [-0.15, -0.1) is 0 Å². The van der Waals surface area contributed by atoms with Crippen molar-refractivity contribution in [1.29, 1.82) is 0 Å². The quantitative estimate of drug-likeness (QED) is 0.509. The first-order valence-corrected chi connectivity index (χ1v) is 3.09. The predicted molar refractivity (Wildman–Crippen MR) is 39.1 cm³/mol. The van der Waals surface area contributed by atoms with E-state index in [-0.39, 0.29) is 17.1 Å². The average molecular weight is 170 g/mol. The van der Waals surface area contributed by atoms with Crippen LogP contribution in [0.1, 0.15) is 16.1 Å². The van der Waals surface area contributed by atoms with E-state index in [9.17, 15) is 14.9 Å². The zero-order valence-corrected chi connectivity index (χ0v) is 6.20. The van der Waals surface area contributed by atoms with Crippen LogP contribution in [0.5, 0.6) is 0 Å². The molecule has 0 saturated carbocycles. The number of aromatic amines is 1. The lowest BCUT2D eigenvalue weighted by Gasteiger charge is -1.85. The first-order chi connectivity index (χ1) is 5.52. The summed E-state index contributed by atoms with van der Waals surface area (Å²) in [7, 11) is 0. The highest BCUT2D eigenvalue weighted by atomic mass is 16.6. The van der Waals surface area contributed by atoms with Crippen LogP contribution in [-0.4, -0.2) is 21.0 Å². The highest BCUT2D eigenvalue weighted by Crippen LogP contribution is 2.15. The Hall–Kier alpha value is -1.85. The Morgan fingerprint density at radius 2 is 2.33 bits per heavy atom. The van der Waals surface area contributed by atoms with Crippen molar-refractivity contribution in [3.05, 3.63) is 27.4 Å². The Morgan fingerprint density at radius 1 is 1.75 bits per heavy atom. The largest absolute Gasteiger partial charge is 0.478 e. The van der Waals surface area contributed by atoms with Gasteiger partial charge in [0.05, 0.1) is 6.07 Å². The van der Waals surface area contributed by atoms with E-state index in [1.165, 1.54) is 6.92 Å². The third kappa shape index (κ3) is 1.26. The van der Waals surface area contributed by atoms with Crippen LogP contribution in [0.4, 0.5) is 5.82 Å². The summed E-state index contributed by atoms with van der Waals surface area (Å²) >= 11 is 0. The van der Waals surface area contributed by atoms with E-state index in [4.69, 9.17) is 5.11 Å². The van der Waals surface area contributed by atoms with E-state index in [0.29, 0.717) is 0 Å². The summed E-state index contributed by atoms with van der Waals surface area (Å²) in [6.45, 7) is 1.47. The van der Waals surface area contributed by atoms with E-state index in [0.717, 1.165) is 6.07 Å². The van der Waals surface area contributed by atoms with Crippen molar-refractivity contribution < 1.29 is 14.8 Å². The van der Waals surface area contributed by atoms with Crippen molar-refractivity contribution in [2.45, 2.75) is 6.92 Å². The predicted octanol–water partition coefficient (Wildman–Crippen LogP) is 0.930. The number of carboxylic acids is 1. The number of nitro groups is 1. The molecular formula is C6H6N2O4. The molecule has 0 aliphatic heterocycles. The molecule has 6 nitrogen and oxygen atoms in total. The topological polar surface area (TPSA) is 96.2 Å². The molecule has 0 unspecified atom stereocenters. The minimum absolute atomic E-state index is 0.0679. The Morgan fingerprint density at radius 3 is 2.58 bits per heavy atom. The number of aromatic carboxylic acids is 1. The van der Waals surface area contributed by atoms with Gasteiger partial charge in [0, 0.05) is 0 Å². The van der Waals surface area contributed by atoms with Crippen molar-refractivity contribution >= 4 is 11.8 Å². The molecule has 1 rings (SSSR count). The number of nitrogens with one attached hydrogen (secondary N) is 1. The van der Waals surface area contributed by atoms with E-state index in [2.05, 4.69) is 4.98 Å². The van der Waals surface area contributed by atoms with E-state index >= 15 is 0 Å². The number of aryl methyl sites for hydroxylation is 1. The number of H-pyrrole nitrogens is 1. The molecule has 1 heterocycles. The molecule has 1 aromatic rings. The summed E-state index contributed by atoms with van der Waals surface area (Å²) < 4.78 is 0. The summed E-state index contributed by atoms with van der Waals surface area (Å²) in [6.07, 6.45) is 0. The maximum Gasteiger partial charge on any atom is 0.339 e. The normalized spacial score (nSPS) is 9.75. The van der Waals surface area contributed by atoms with Gasteiger partial charge in [-0.3, -0.25) is 0 Å². The van der Waals surface area contributed by atoms with Crippen LogP contribution in [0, 0.1) is 17.0 Å². The van der Waals surface area contributed by atoms with Crippen molar-refractivity contribution in [2.75, 3.05) is 0 Å². The highest BCUT2D eigenvalue weighted by molar-refractivity contribution is 5.89. The van der Waals surface area contributed by atoms with E-state index in [1.807, 2.05) is 0 Å². The number of nitrogens with zero attached hydrogens (tertiary/aromatic N) is 1. The van der Waals surface area contributed by atoms with E-state index < -0.39 is 10.9 Å². The Labute approximate surface area is 67.0 Å². The molecule has 0 aliphatic carbocycles. The monoisotopic (exact) mass is 170 g/mol. The Bertz CT molecular complexity index is 341. The molecule has 1 aromatic heterocycles. The zero-order chi connectivity index (χ0) is 9.30. The molecule has 12 heavy (non-hydrogen) atoms. The summed E-state index contributed by atoms with van der Waals surface area (Å²) in [5, 5.41) is 18.7. The van der Waals surface area contributed by atoms with Crippen LogP contribution in [-0.2, 0) is 0 Å². The SMILES string of the molecule is Cc1[nH]c([N+](=O)[O-])cc1C(=O)O. The van der Waals surface area contributed by atoms with Crippen LogP contribution in [0.25, 0.3) is 0 Å². The maximum atomic E-state index is 10.4. The molecule has 0 saturated heterocycles. The number of carboxylic acid groups (broad SMARTS) is 1. The third-order valence-electron chi connectivity index (χ3n) is 1.43.